The van der Waals surface area contributed by atoms with Gasteiger partial charge < -0.3 is 5.32 Å². The van der Waals surface area contributed by atoms with Gasteiger partial charge in [-0.15, -0.1) is 0 Å². The fourth-order valence-electron chi connectivity index (χ4n) is 2.56. The van der Waals surface area contributed by atoms with Gasteiger partial charge >= 0.3 is 0 Å². The van der Waals surface area contributed by atoms with Gasteiger partial charge in [-0.3, -0.25) is 0 Å². The van der Waals surface area contributed by atoms with Crippen molar-refractivity contribution in [3.05, 3.63) is 53.7 Å². The van der Waals surface area contributed by atoms with Gasteiger partial charge in [-0.2, -0.15) is 14.7 Å². The molecule has 0 saturated carbocycles. The Hall–Kier alpha value is -2.96. The Morgan fingerprint density at radius 3 is 2.86 bits per heavy atom. The van der Waals surface area contributed by atoms with Gasteiger partial charge in [0, 0.05) is 17.3 Å². The number of anilines is 1. The molecule has 0 atom stereocenters. The van der Waals surface area contributed by atoms with E-state index in [2.05, 4.69) is 25.5 Å². The third kappa shape index (κ3) is 1.90. The van der Waals surface area contributed by atoms with E-state index < -0.39 is 0 Å². The summed E-state index contributed by atoms with van der Waals surface area (Å²) in [6.07, 6.45) is 3.32. The Balaban J connectivity index is 1.74. The molecule has 0 fully saturated rings. The van der Waals surface area contributed by atoms with Crippen LogP contribution in [0.2, 0.25) is 0 Å². The van der Waals surface area contributed by atoms with Crippen LogP contribution in [-0.4, -0.2) is 29.2 Å². The molecule has 1 N–H and O–H groups in total. The van der Waals surface area contributed by atoms with Crippen molar-refractivity contribution in [2.45, 2.75) is 20.4 Å². The van der Waals surface area contributed by atoms with Gasteiger partial charge in [0.25, 0.3) is 0 Å². The maximum Gasteiger partial charge on any atom is 0.157 e. The second kappa shape index (κ2) is 4.80. The normalized spacial score (nSPS) is 11.4. The molecule has 7 heteroatoms. The highest BCUT2D eigenvalue weighted by atomic mass is 15.3. The van der Waals surface area contributed by atoms with Crippen LogP contribution in [0.5, 0.6) is 0 Å². The summed E-state index contributed by atoms with van der Waals surface area (Å²) in [4.78, 5) is 8.73. The quantitative estimate of drug-likeness (QED) is 0.625. The predicted octanol–water partition coefficient (Wildman–Crippen LogP) is 2.00. The van der Waals surface area contributed by atoms with Crippen LogP contribution in [-0.2, 0) is 6.54 Å². The molecule has 4 aromatic heterocycles. The summed E-state index contributed by atoms with van der Waals surface area (Å²) in [6, 6.07) is 7.84. The lowest BCUT2D eigenvalue weighted by Gasteiger charge is -2.13. The standard InChI is InChI=1S/C15H15N7/c1-10-11(2)20-14-6-7-18-22(14)15(10)16-8-12-4-3-5-13-17-9-19-21(12)13/h3-7,9,16H,8H2,1-2H3. The first-order valence-electron chi connectivity index (χ1n) is 7.06. The zero-order valence-corrected chi connectivity index (χ0v) is 12.4. The van der Waals surface area contributed by atoms with Crippen LogP contribution in [0.1, 0.15) is 17.0 Å². The number of pyridine rings is 1. The molecule has 0 radical (unpaired) electrons. The Morgan fingerprint density at radius 2 is 1.95 bits per heavy atom. The minimum Gasteiger partial charge on any atom is -0.364 e. The van der Waals surface area contributed by atoms with Crippen molar-refractivity contribution in [3.63, 3.8) is 0 Å². The Morgan fingerprint density at radius 1 is 1.05 bits per heavy atom. The molecule has 0 aliphatic carbocycles. The van der Waals surface area contributed by atoms with Crippen LogP contribution < -0.4 is 5.32 Å². The van der Waals surface area contributed by atoms with Crippen LogP contribution in [0.15, 0.2) is 36.8 Å². The topological polar surface area (TPSA) is 72.4 Å². The van der Waals surface area contributed by atoms with E-state index in [1.54, 1.807) is 12.5 Å². The van der Waals surface area contributed by atoms with Crippen LogP contribution in [0.3, 0.4) is 0 Å². The van der Waals surface area contributed by atoms with Gasteiger partial charge in [0.05, 0.1) is 18.4 Å². The Labute approximate surface area is 126 Å². The molecule has 4 heterocycles. The lowest BCUT2D eigenvalue weighted by molar-refractivity contribution is 0.849. The molecule has 0 spiro atoms. The van der Waals surface area contributed by atoms with E-state index in [-0.39, 0.29) is 0 Å². The number of hydrogen-bond donors (Lipinski definition) is 1. The largest absolute Gasteiger partial charge is 0.364 e. The van der Waals surface area contributed by atoms with Gasteiger partial charge in [0.15, 0.2) is 11.3 Å². The van der Waals surface area contributed by atoms with E-state index in [0.29, 0.717) is 6.54 Å². The molecule has 4 rings (SSSR count). The van der Waals surface area contributed by atoms with Crippen LogP contribution in [0, 0.1) is 13.8 Å². The molecule has 0 saturated heterocycles. The van der Waals surface area contributed by atoms with Crippen molar-refractivity contribution in [1.82, 2.24) is 29.2 Å². The first-order valence-corrected chi connectivity index (χ1v) is 7.06. The molecule has 0 bridgehead atoms. The van der Waals surface area contributed by atoms with Gasteiger partial charge in [0.2, 0.25) is 0 Å². The van der Waals surface area contributed by atoms with Crippen molar-refractivity contribution in [2.24, 2.45) is 0 Å². The SMILES string of the molecule is Cc1nc2ccnn2c(NCc2cccc3ncnn23)c1C. The summed E-state index contributed by atoms with van der Waals surface area (Å²) in [6.45, 7) is 4.67. The Kier molecular flexibility index (Phi) is 2.78. The molecule has 0 amide bonds. The summed E-state index contributed by atoms with van der Waals surface area (Å²) in [5, 5.41) is 12.0. The lowest BCUT2D eigenvalue weighted by atomic mass is 10.2. The molecule has 110 valence electrons. The van der Waals surface area contributed by atoms with Crippen molar-refractivity contribution >= 4 is 17.1 Å². The number of aromatic nitrogens is 6. The molecule has 0 aromatic carbocycles. The number of fused-ring (bicyclic) bond motifs is 2. The second-order valence-corrected chi connectivity index (χ2v) is 5.17. The summed E-state index contributed by atoms with van der Waals surface area (Å²) in [5.74, 6) is 0.949. The van der Waals surface area contributed by atoms with Gasteiger partial charge in [-0.1, -0.05) is 6.07 Å². The van der Waals surface area contributed by atoms with E-state index in [0.717, 1.165) is 34.1 Å². The molecular formula is C15H15N7. The Bertz CT molecular complexity index is 967. The van der Waals surface area contributed by atoms with Crippen molar-refractivity contribution in [2.75, 3.05) is 5.32 Å². The summed E-state index contributed by atoms with van der Waals surface area (Å²) in [5.41, 5.74) is 4.79. The molecule has 4 aromatic rings. The smallest absolute Gasteiger partial charge is 0.157 e. The van der Waals surface area contributed by atoms with Crippen LogP contribution >= 0.6 is 0 Å². The molecule has 0 aliphatic heterocycles. The van der Waals surface area contributed by atoms with Crippen LogP contribution in [0.4, 0.5) is 5.82 Å². The number of nitrogens with one attached hydrogen (secondary N) is 1. The van der Waals surface area contributed by atoms with E-state index in [9.17, 15) is 0 Å². The maximum atomic E-state index is 4.53. The zero-order chi connectivity index (χ0) is 15.1. The number of aryl methyl sites for hydroxylation is 1. The highest BCUT2D eigenvalue weighted by Gasteiger charge is 2.10. The summed E-state index contributed by atoms with van der Waals surface area (Å²) in [7, 11) is 0. The second-order valence-electron chi connectivity index (χ2n) is 5.17. The highest BCUT2D eigenvalue weighted by molar-refractivity contribution is 5.54. The summed E-state index contributed by atoms with van der Waals surface area (Å²) < 4.78 is 3.65. The molecular weight excluding hydrogens is 278 g/mol. The average Bonchev–Trinajstić information content (AvgIpc) is 3.16. The number of hydrogen-bond acceptors (Lipinski definition) is 5. The highest BCUT2D eigenvalue weighted by Crippen LogP contribution is 2.19. The number of rotatable bonds is 3. The maximum absolute atomic E-state index is 4.53. The van der Waals surface area contributed by atoms with Crippen molar-refractivity contribution in [3.8, 4) is 0 Å². The van der Waals surface area contributed by atoms with Crippen molar-refractivity contribution in [1.29, 1.82) is 0 Å². The number of nitrogens with zero attached hydrogens (tertiary/aromatic N) is 6. The molecule has 22 heavy (non-hydrogen) atoms. The summed E-state index contributed by atoms with van der Waals surface area (Å²) >= 11 is 0. The molecule has 0 unspecified atom stereocenters. The predicted molar refractivity (Wildman–Crippen MR) is 82.8 cm³/mol. The third-order valence-corrected chi connectivity index (χ3v) is 3.83. The third-order valence-electron chi connectivity index (χ3n) is 3.83. The molecule has 0 aliphatic rings. The average molecular weight is 293 g/mol. The van der Waals surface area contributed by atoms with Gasteiger partial charge in [0.1, 0.15) is 12.1 Å². The first kappa shape index (κ1) is 12.8. The lowest BCUT2D eigenvalue weighted by Crippen LogP contribution is -2.11. The van der Waals surface area contributed by atoms with Gasteiger partial charge in [-0.05, 0) is 26.0 Å². The van der Waals surface area contributed by atoms with E-state index in [1.807, 2.05) is 47.1 Å². The van der Waals surface area contributed by atoms with Crippen LogP contribution in [0.25, 0.3) is 11.3 Å². The first-order chi connectivity index (χ1) is 10.7. The van der Waals surface area contributed by atoms with Crippen molar-refractivity contribution < 1.29 is 0 Å². The fourth-order valence-corrected chi connectivity index (χ4v) is 2.56. The molecule has 7 nitrogen and oxygen atoms in total. The fraction of sp³-hybridized carbons (Fsp3) is 0.200. The minimum atomic E-state index is 0.625. The zero-order valence-electron chi connectivity index (χ0n) is 12.4. The van der Waals surface area contributed by atoms with E-state index in [4.69, 9.17) is 0 Å². The van der Waals surface area contributed by atoms with Gasteiger partial charge in [-0.25, -0.2) is 14.5 Å². The monoisotopic (exact) mass is 293 g/mol. The van der Waals surface area contributed by atoms with E-state index in [1.165, 1.54) is 0 Å². The van der Waals surface area contributed by atoms with E-state index >= 15 is 0 Å². The minimum absolute atomic E-state index is 0.625.